The fraction of sp³-hybridized carbons (Fsp3) is 0.421. The highest BCUT2D eigenvalue weighted by Gasteiger charge is 2.19. The molecule has 1 fully saturated rings. The summed E-state index contributed by atoms with van der Waals surface area (Å²) in [5, 5.41) is 0. The Morgan fingerprint density at radius 1 is 1.04 bits per heavy atom. The first kappa shape index (κ1) is 15.8. The van der Waals surface area contributed by atoms with Crippen LogP contribution in [0.25, 0.3) is 0 Å². The van der Waals surface area contributed by atoms with Crippen LogP contribution in [-0.2, 0) is 6.54 Å². The molecule has 0 saturated carbocycles. The van der Waals surface area contributed by atoms with Gasteiger partial charge in [0.1, 0.15) is 5.75 Å². The number of hydrogen-bond acceptors (Lipinski definition) is 4. The zero-order valence-electron chi connectivity index (χ0n) is 14.2. The third-order valence-electron chi connectivity index (χ3n) is 4.62. The highest BCUT2D eigenvalue weighted by molar-refractivity contribution is 5.46. The Labute approximate surface area is 138 Å². The lowest BCUT2D eigenvalue weighted by molar-refractivity contribution is 0.246. The standard InChI is InChI=1S/C19H25N3O/c1-15-13-20-18(16(2)19(15)23-3)14-21-9-11-22(12-10-21)17-7-5-4-6-8-17/h4-8,13H,9-12,14H2,1-3H3. The molecular formula is C19H25N3O. The molecule has 0 bridgehead atoms. The van der Waals surface area contributed by atoms with Crippen LogP contribution in [0.5, 0.6) is 5.75 Å². The first-order valence-electron chi connectivity index (χ1n) is 8.20. The number of aryl methyl sites for hydroxylation is 1. The van der Waals surface area contributed by atoms with Gasteiger partial charge in [0.05, 0.1) is 12.8 Å². The fourth-order valence-electron chi connectivity index (χ4n) is 3.25. The second kappa shape index (κ2) is 7.01. The number of benzene rings is 1. The van der Waals surface area contributed by atoms with Crippen molar-refractivity contribution in [3.63, 3.8) is 0 Å². The minimum Gasteiger partial charge on any atom is -0.496 e. The molecule has 2 aromatic rings. The van der Waals surface area contributed by atoms with Gasteiger partial charge in [0, 0.05) is 55.7 Å². The number of pyridine rings is 1. The predicted molar refractivity (Wildman–Crippen MR) is 94.2 cm³/mol. The molecular weight excluding hydrogens is 286 g/mol. The van der Waals surface area contributed by atoms with Crippen molar-refractivity contribution in [3.8, 4) is 5.75 Å². The van der Waals surface area contributed by atoms with Crippen LogP contribution in [0, 0.1) is 13.8 Å². The molecule has 0 unspecified atom stereocenters. The van der Waals surface area contributed by atoms with Gasteiger partial charge in [-0.15, -0.1) is 0 Å². The van der Waals surface area contributed by atoms with Gasteiger partial charge in [0.15, 0.2) is 0 Å². The van der Waals surface area contributed by atoms with Gasteiger partial charge in [0.2, 0.25) is 0 Å². The highest BCUT2D eigenvalue weighted by Crippen LogP contribution is 2.25. The lowest BCUT2D eigenvalue weighted by Gasteiger charge is -2.36. The van der Waals surface area contributed by atoms with Crippen molar-refractivity contribution in [1.29, 1.82) is 0 Å². The lowest BCUT2D eigenvalue weighted by atomic mass is 10.1. The number of piperazine rings is 1. The van der Waals surface area contributed by atoms with Gasteiger partial charge in [-0.05, 0) is 26.0 Å². The molecule has 3 rings (SSSR count). The molecule has 1 aliphatic rings. The van der Waals surface area contributed by atoms with Gasteiger partial charge < -0.3 is 9.64 Å². The van der Waals surface area contributed by atoms with E-state index in [0.29, 0.717) is 0 Å². The van der Waals surface area contributed by atoms with Crippen molar-refractivity contribution in [1.82, 2.24) is 9.88 Å². The zero-order chi connectivity index (χ0) is 16.2. The molecule has 1 aliphatic heterocycles. The van der Waals surface area contributed by atoms with Crippen molar-refractivity contribution < 1.29 is 4.74 Å². The van der Waals surface area contributed by atoms with Gasteiger partial charge in [-0.2, -0.15) is 0 Å². The van der Waals surface area contributed by atoms with Crippen LogP contribution in [0.1, 0.15) is 16.8 Å². The summed E-state index contributed by atoms with van der Waals surface area (Å²) in [6.07, 6.45) is 1.92. The molecule has 0 radical (unpaired) electrons. The highest BCUT2D eigenvalue weighted by atomic mass is 16.5. The number of anilines is 1. The van der Waals surface area contributed by atoms with Crippen LogP contribution in [0.15, 0.2) is 36.5 Å². The van der Waals surface area contributed by atoms with Gasteiger partial charge in [-0.3, -0.25) is 9.88 Å². The average Bonchev–Trinajstić information content (AvgIpc) is 2.59. The van der Waals surface area contributed by atoms with E-state index in [4.69, 9.17) is 4.74 Å². The molecule has 122 valence electrons. The van der Waals surface area contributed by atoms with Crippen molar-refractivity contribution >= 4 is 5.69 Å². The van der Waals surface area contributed by atoms with Crippen LogP contribution in [0.2, 0.25) is 0 Å². The van der Waals surface area contributed by atoms with E-state index in [1.165, 1.54) is 5.69 Å². The summed E-state index contributed by atoms with van der Waals surface area (Å²) in [7, 11) is 1.73. The van der Waals surface area contributed by atoms with E-state index in [2.05, 4.69) is 52.0 Å². The molecule has 0 N–H and O–H groups in total. The maximum Gasteiger partial charge on any atom is 0.128 e. The number of nitrogens with zero attached hydrogens (tertiary/aromatic N) is 3. The van der Waals surface area contributed by atoms with Crippen LogP contribution < -0.4 is 9.64 Å². The average molecular weight is 311 g/mol. The Kier molecular flexibility index (Phi) is 4.82. The van der Waals surface area contributed by atoms with E-state index in [1.807, 2.05) is 13.1 Å². The van der Waals surface area contributed by atoms with E-state index in [9.17, 15) is 0 Å². The normalized spacial score (nSPS) is 15.7. The van der Waals surface area contributed by atoms with Crippen molar-refractivity contribution in [3.05, 3.63) is 53.3 Å². The molecule has 4 nitrogen and oxygen atoms in total. The molecule has 0 spiro atoms. The fourth-order valence-corrected chi connectivity index (χ4v) is 3.25. The summed E-state index contributed by atoms with van der Waals surface area (Å²) in [6, 6.07) is 10.7. The number of rotatable bonds is 4. The summed E-state index contributed by atoms with van der Waals surface area (Å²) < 4.78 is 5.51. The van der Waals surface area contributed by atoms with Crippen molar-refractivity contribution in [2.45, 2.75) is 20.4 Å². The van der Waals surface area contributed by atoms with Crippen LogP contribution in [-0.4, -0.2) is 43.2 Å². The van der Waals surface area contributed by atoms with Crippen molar-refractivity contribution in [2.75, 3.05) is 38.2 Å². The summed E-state index contributed by atoms with van der Waals surface area (Å²) >= 11 is 0. The Morgan fingerprint density at radius 3 is 2.39 bits per heavy atom. The minimum atomic E-state index is 0.894. The SMILES string of the molecule is COc1c(C)cnc(CN2CCN(c3ccccc3)CC2)c1C. The summed E-state index contributed by atoms with van der Waals surface area (Å²) in [6.45, 7) is 9.29. The molecule has 0 atom stereocenters. The third-order valence-corrected chi connectivity index (χ3v) is 4.62. The zero-order valence-corrected chi connectivity index (χ0v) is 14.2. The second-order valence-electron chi connectivity index (χ2n) is 6.14. The van der Waals surface area contributed by atoms with E-state index >= 15 is 0 Å². The summed E-state index contributed by atoms with van der Waals surface area (Å²) in [5.74, 6) is 0.970. The minimum absolute atomic E-state index is 0.894. The largest absolute Gasteiger partial charge is 0.496 e. The topological polar surface area (TPSA) is 28.6 Å². The summed E-state index contributed by atoms with van der Waals surface area (Å²) in [4.78, 5) is 9.55. The molecule has 1 aromatic carbocycles. The number of aromatic nitrogens is 1. The van der Waals surface area contributed by atoms with Crippen LogP contribution in [0.3, 0.4) is 0 Å². The van der Waals surface area contributed by atoms with Crippen LogP contribution in [0.4, 0.5) is 5.69 Å². The molecule has 0 amide bonds. The Morgan fingerprint density at radius 2 is 1.74 bits per heavy atom. The third kappa shape index (κ3) is 3.48. The molecule has 23 heavy (non-hydrogen) atoms. The number of ether oxygens (including phenoxy) is 1. The quantitative estimate of drug-likeness (QED) is 0.868. The van der Waals surface area contributed by atoms with Crippen molar-refractivity contribution in [2.24, 2.45) is 0 Å². The van der Waals surface area contributed by atoms with Gasteiger partial charge in [-0.25, -0.2) is 0 Å². The monoisotopic (exact) mass is 311 g/mol. The Balaban J connectivity index is 1.63. The van der Waals surface area contributed by atoms with Crippen LogP contribution >= 0.6 is 0 Å². The molecule has 0 aliphatic carbocycles. The molecule has 2 heterocycles. The predicted octanol–water partition coefficient (Wildman–Crippen LogP) is 3.03. The second-order valence-corrected chi connectivity index (χ2v) is 6.14. The number of methoxy groups -OCH3 is 1. The van der Waals surface area contributed by atoms with E-state index < -0.39 is 0 Å². The summed E-state index contributed by atoms with van der Waals surface area (Å²) in [5.41, 5.74) is 4.71. The molecule has 1 aromatic heterocycles. The first-order chi connectivity index (χ1) is 11.2. The number of hydrogen-bond donors (Lipinski definition) is 0. The molecule has 4 heteroatoms. The smallest absolute Gasteiger partial charge is 0.128 e. The maximum atomic E-state index is 5.51. The van der Waals surface area contributed by atoms with E-state index in [0.717, 1.165) is 55.3 Å². The molecule has 1 saturated heterocycles. The number of para-hydroxylation sites is 1. The maximum absolute atomic E-state index is 5.51. The Hall–Kier alpha value is -2.07. The van der Waals surface area contributed by atoms with Gasteiger partial charge in [-0.1, -0.05) is 18.2 Å². The van der Waals surface area contributed by atoms with E-state index in [1.54, 1.807) is 7.11 Å². The lowest BCUT2D eigenvalue weighted by Crippen LogP contribution is -2.46. The van der Waals surface area contributed by atoms with E-state index in [-0.39, 0.29) is 0 Å². The first-order valence-corrected chi connectivity index (χ1v) is 8.20. The Bertz CT molecular complexity index is 649. The van der Waals surface area contributed by atoms with Gasteiger partial charge in [0.25, 0.3) is 0 Å². The van der Waals surface area contributed by atoms with Gasteiger partial charge >= 0.3 is 0 Å².